The van der Waals surface area contributed by atoms with Gasteiger partial charge in [0.1, 0.15) is 5.82 Å². The molecule has 3 aromatic rings. The van der Waals surface area contributed by atoms with Gasteiger partial charge in [0.15, 0.2) is 11.6 Å². The van der Waals surface area contributed by atoms with Crippen LogP contribution >= 0.6 is 0 Å². The first-order valence-electron chi connectivity index (χ1n) is 10.1. The van der Waals surface area contributed by atoms with Crippen LogP contribution in [0.5, 0.6) is 0 Å². The van der Waals surface area contributed by atoms with Crippen LogP contribution < -0.4 is 21.7 Å². The number of fused-ring (bicyclic) bond motifs is 1. The number of carbonyl (C=O) groups is 1. The van der Waals surface area contributed by atoms with Crippen LogP contribution in [0.1, 0.15) is 36.0 Å². The molecule has 2 atom stereocenters. The Morgan fingerprint density at radius 2 is 1.93 bits per heavy atom. The van der Waals surface area contributed by atoms with E-state index in [0.29, 0.717) is 5.69 Å². The molecule has 5 N–H and O–H groups in total. The maximum absolute atomic E-state index is 14.7. The van der Waals surface area contributed by atoms with E-state index in [2.05, 4.69) is 25.9 Å². The molecule has 0 saturated heterocycles. The Bertz CT molecular complexity index is 1070. The van der Waals surface area contributed by atoms with Gasteiger partial charge in [-0.1, -0.05) is 25.0 Å². The number of nitrogens with two attached hydrogens (primary N) is 1. The van der Waals surface area contributed by atoms with Crippen molar-refractivity contribution in [2.45, 2.75) is 37.8 Å². The van der Waals surface area contributed by atoms with Gasteiger partial charge < -0.3 is 21.7 Å². The highest BCUT2D eigenvalue weighted by Crippen LogP contribution is 2.28. The van der Waals surface area contributed by atoms with Gasteiger partial charge in [0.25, 0.3) is 5.91 Å². The number of benzene rings is 1. The van der Waals surface area contributed by atoms with E-state index in [1.54, 1.807) is 6.20 Å². The molecule has 1 unspecified atom stereocenters. The van der Waals surface area contributed by atoms with Crippen molar-refractivity contribution < 1.29 is 9.18 Å². The predicted molar refractivity (Wildman–Crippen MR) is 116 cm³/mol. The van der Waals surface area contributed by atoms with Crippen LogP contribution in [0.25, 0.3) is 10.9 Å². The fourth-order valence-electron chi connectivity index (χ4n) is 3.98. The third-order valence-corrected chi connectivity index (χ3v) is 5.57. The van der Waals surface area contributed by atoms with Crippen LogP contribution in [0.15, 0.2) is 42.6 Å². The topological polar surface area (TPSA) is 105 Å². The van der Waals surface area contributed by atoms with E-state index in [1.165, 1.54) is 0 Å². The Morgan fingerprint density at radius 1 is 1.13 bits per heavy atom. The number of aromatic nitrogens is 2. The Kier molecular flexibility index (Phi) is 5.76. The zero-order valence-corrected chi connectivity index (χ0v) is 16.8. The van der Waals surface area contributed by atoms with Gasteiger partial charge in [-0.3, -0.25) is 9.78 Å². The number of anilines is 3. The molecular formula is C22H25FN6O. The number of pyridine rings is 2. The van der Waals surface area contributed by atoms with Crippen molar-refractivity contribution in [3.05, 3.63) is 54.0 Å². The lowest BCUT2D eigenvalue weighted by Crippen LogP contribution is -2.45. The molecule has 7 nitrogen and oxygen atoms in total. The molecule has 2 heterocycles. The van der Waals surface area contributed by atoms with E-state index in [9.17, 15) is 9.18 Å². The molecule has 1 aliphatic rings. The standard InChI is InChI=1S/C22H25FN6O/c1-25-17-6-2-3-7-18(17)28-22-16(23)12-15(20(24)30)21(29-22)27-14-9-8-13-5-4-10-26-19(13)11-14/h4-5,8-12,17-18,25H,2-3,6-7H2,1H3,(H2,24,30)(H2,27,28,29)/t17-,18?/m0/s1. The van der Waals surface area contributed by atoms with Gasteiger partial charge in [-0.25, -0.2) is 9.37 Å². The summed E-state index contributed by atoms with van der Waals surface area (Å²) >= 11 is 0. The number of hydrogen-bond acceptors (Lipinski definition) is 6. The van der Waals surface area contributed by atoms with Crippen molar-refractivity contribution in [2.24, 2.45) is 5.73 Å². The lowest BCUT2D eigenvalue weighted by molar-refractivity contribution is 0.100. The first kappa shape index (κ1) is 20.0. The van der Waals surface area contributed by atoms with Crippen molar-refractivity contribution >= 4 is 34.1 Å². The monoisotopic (exact) mass is 408 g/mol. The second-order valence-electron chi connectivity index (χ2n) is 7.55. The van der Waals surface area contributed by atoms with Gasteiger partial charge in [-0.05, 0) is 44.2 Å². The molecule has 1 fully saturated rings. The minimum atomic E-state index is -0.750. The normalized spacial score (nSPS) is 18.9. The number of primary amides is 1. The summed E-state index contributed by atoms with van der Waals surface area (Å²) in [7, 11) is 1.91. The van der Waals surface area contributed by atoms with Crippen LogP contribution in [-0.4, -0.2) is 35.0 Å². The van der Waals surface area contributed by atoms with Gasteiger partial charge in [0.2, 0.25) is 0 Å². The van der Waals surface area contributed by atoms with Crippen LogP contribution in [0.4, 0.5) is 21.7 Å². The molecule has 156 valence electrons. The smallest absolute Gasteiger partial charge is 0.252 e. The number of likely N-dealkylation sites (N-methyl/N-ethyl adjacent to an activating group) is 1. The van der Waals surface area contributed by atoms with E-state index in [-0.39, 0.29) is 29.3 Å². The van der Waals surface area contributed by atoms with E-state index < -0.39 is 11.7 Å². The van der Waals surface area contributed by atoms with Crippen LogP contribution in [0.2, 0.25) is 0 Å². The van der Waals surface area contributed by atoms with Crippen LogP contribution in [0.3, 0.4) is 0 Å². The molecule has 0 aliphatic heterocycles. The van der Waals surface area contributed by atoms with Crippen molar-refractivity contribution in [1.82, 2.24) is 15.3 Å². The Labute approximate surface area is 174 Å². The minimum Gasteiger partial charge on any atom is -0.365 e. The molecule has 2 aromatic heterocycles. The second kappa shape index (κ2) is 8.62. The molecule has 0 radical (unpaired) electrons. The van der Waals surface area contributed by atoms with E-state index in [4.69, 9.17) is 5.73 Å². The predicted octanol–water partition coefficient (Wildman–Crippen LogP) is 3.55. The van der Waals surface area contributed by atoms with Crippen molar-refractivity contribution in [3.63, 3.8) is 0 Å². The van der Waals surface area contributed by atoms with Gasteiger partial charge in [0.05, 0.1) is 11.1 Å². The highest BCUT2D eigenvalue weighted by atomic mass is 19.1. The fraction of sp³-hybridized carbons (Fsp3) is 0.318. The zero-order valence-electron chi connectivity index (χ0n) is 16.8. The molecule has 0 bridgehead atoms. The summed E-state index contributed by atoms with van der Waals surface area (Å²) < 4.78 is 14.7. The third kappa shape index (κ3) is 4.18. The van der Waals surface area contributed by atoms with Gasteiger partial charge in [-0.15, -0.1) is 0 Å². The van der Waals surface area contributed by atoms with Crippen molar-refractivity contribution in [1.29, 1.82) is 0 Å². The summed E-state index contributed by atoms with van der Waals surface area (Å²) in [6.07, 6.45) is 5.87. The van der Waals surface area contributed by atoms with Gasteiger partial charge in [-0.2, -0.15) is 0 Å². The van der Waals surface area contributed by atoms with E-state index in [0.717, 1.165) is 42.7 Å². The fourth-order valence-corrected chi connectivity index (χ4v) is 3.98. The van der Waals surface area contributed by atoms with Crippen LogP contribution in [0, 0.1) is 5.82 Å². The minimum absolute atomic E-state index is 0.00650. The summed E-state index contributed by atoms with van der Waals surface area (Å²) in [5.74, 6) is -1.04. The Balaban J connectivity index is 1.66. The quantitative estimate of drug-likeness (QED) is 0.497. The molecule has 1 saturated carbocycles. The Hall–Kier alpha value is -3.26. The third-order valence-electron chi connectivity index (χ3n) is 5.57. The number of hydrogen-bond donors (Lipinski definition) is 4. The van der Waals surface area contributed by atoms with E-state index >= 15 is 0 Å². The lowest BCUT2D eigenvalue weighted by Gasteiger charge is -2.32. The van der Waals surface area contributed by atoms with Crippen molar-refractivity contribution in [3.8, 4) is 0 Å². The number of nitrogens with zero attached hydrogens (tertiary/aromatic N) is 2. The average Bonchev–Trinajstić information content (AvgIpc) is 2.76. The summed E-state index contributed by atoms with van der Waals surface area (Å²) in [6.45, 7) is 0. The second-order valence-corrected chi connectivity index (χ2v) is 7.55. The maximum Gasteiger partial charge on any atom is 0.252 e. The number of amides is 1. The summed E-state index contributed by atoms with van der Waals surface area (Å²) in [5.41, 5.74) is 6.94. The molecule has 8 heteroatoms. The molecule has 1 aromatic carbocycles. The lowest BCUT2D eigenvalue weighted by atomic mass is 9.90. The SMILES string of the molecule is CN[C@H]1CCCCC1Nc1nc(Nc2ccc3cccnc3c2)c(C(N)=O)cc1F. The number of rotatable bonds is 6. The number of nitrogens with one attached hydrogen (secondary N) is 3. The first-order chi connectivity index (χ1) is 14.5. The number of carbonyl (C=O) groups excluding carboxylic acids is 1. The molecule has 4 rings (SSSR count). The number of halogens is 1. The molecule has 30 heavy (non-hydrogen) atoms. The van der Waals surface area contributed by atoms with Crippen LogP contribution in [-0.2, 0) is 0 Å². The first-order valence-corrected chi connectivity index (χ1v) is 10.1. The highest BCUT2D eigenvalue weighted by Gasteiger charge is 2.26. The summed E-state index contributed by atoms with van der Waals surface area (Å²) in [4.78, 5) is 20.6. The Morgan fingerprint density at radius 3 is 2.70 bits per heavy atom. The van der Waals surface area contributed by atoms with Crippen molar-refractivity contribution in [2.75, 3.05) is 17.7 Å². The zero-order chi connectivity index (χ0) is 21.1. The maximum atomic E-state index is 14.7. The molecular weight excluding hydrogens is 383 g/mol. The van der Waals surface area contributed by atoms with E-state index in [1.807, 2.05) is 37.4 Å². The highest BCUT2D eigenvalue weighted by molar-refractivity contribution is 5.99. The molecule has 1 aliphatic carbocycles. The van der Waals surface area contributed by atoms with Gasteiger partial charge in [0, 0.05) is 29.4 Å². The largest absolute Gasteiger partial charge is 0.365 e. The summed E-state index contributed by atoms with van der Waals surface area (Å²) in [5, 5.41) is 10.6. The summed E-state index contributed by atoms with van der Waals surface area (Å²) in [6, 6.07) is 10.9. The molecule has 0 spiro atoms. The van der Waals surface area contributed by atoms with Gasteiger partial charge >= 0.3 is 0 Å². The average molecular weight is 408 g/mol. The molecule has 1 amide bonds.